The minimum absolute atomic E-state index is 0.0498. The second kappa shape index (κ2) is 7.71. The number of rotatable bonds is 8. The fourth-order valence-corrected chi connectivity index (χ4v) is 6.58. The Balaban J connectivity index is 1.51. The van der Waals surface area contributed by atoms with Crippen molar-refractivity contribution in [2.45, 2.75) is 30.2 Å². The van der Waals surface area contributed by atoms with E-state index in [1.165, 1.54) is 7.05 Å². The Bertz CT molecular complexity index is 1260. The zero-order valence-corrected chi connectivity index (χ0v) is 18.7. The fourth-order valence-electron chi connectivity index (χ4n) is 3.36. The molecule has 0 spiro atoms. The van der Waals surface area contributed by atoms with Crippen LogP contribution in [-0.4, -0.2) is 75.2 Å². The molecule has 1 aliphatic carbocycles. The molecule has 2 aromatic rings. The van der Waals surface area contributed by atoms with Crippen molar-refractivity contribution >= 4 is 46.4 Å². The Morgan fingerprint density at radius 1 is 1.21 bits per heavy atom. The van der Waals surface area contributed by atoms with E-state index >= 15 is 4.39 Å². The van der Waals surface area contributed by atoms with Crippen molar-refractivity contribution < 1.29 is 60.6 Å². The predicted octanol–water partition coefficient (Wildman–Crippen LogP) is -0.858. The average molecular weight is 536 g/mol. The number of anilines is 2. The highest BCUT2D eigenvalue weighted by Gasteiger charge is 2.80. The maximum Gasteiger partial charge on any atom is 0.490 e. The van der Waals surface area contributed by atoms with Gasteiger partial charge in [0.2, 0.25) is 5.95 Å². The van der Waals surface area contributed by atoms with Gasteiger partial charge in [0.1, 0.15) is 12.2 Å². The minimum Gasteiger partial charge on any atom is -0.381 e. The van der Waals surface area contributed by atoms with Crippen LogP contribution in [0.4, 0.5) is 16.2 Å². The smallest absolute Gasteiger partial charge is 0.381 e. The molecule has 18 nitrogen and oxygen atoms in total. The molecule has 0 aromatic carbocycles. The lowest BCUT2D eigenvalue weighted by Crippen LogP contribution is -2.34. The minimum atomic E-state index is -5.78. The Hall–Kier alpha value is -1.59. The first-order valence-electron chi connectivity index (χ1n) is 8.60. The number of nitrogen functional groups attached to an aromatic ring is 1. The van der Waals surface area contributed by atoms with Crippen LogP contribution in [0.25, 0.3) is 11.2 Å². The van der Waals surface area contributed by atoms with Crippen LogP contribution in [0.3, 0.4) is 0 Å². The highest BCUT2D eigenvalue weighted by Crippen LogP contribution is 2.69. The number of nitrogens with zero attached hydrogens (tertiary/aromatic N) is 4. The van der Waals surface area contributed by atoms with Gasteiger partial charge < -0.3 is 40.5 Å². The lowest BCUT2D eigenvalue weighted by molar-refractivity contribution is -0.0597. The van der Waals surface area contributed by atoms with Crippen molar-refractivity contribution in [2.75, 3.05) is 18.1 Å². The number of alkyl halides is 1. The lowest BCUT2D eigenvalue weighted by Gasteiger charge is -2.23. The molecule has 0 bridgehead atoms. The number of nitrogens with two attached hydrogens (primary N) is 1. The van der Waals surface area contributed by atoms with Crippen molar-refractivity contribution in [3.8, 4) is 0 Å². The van der Waals surface area contributed by atoms with E-state index < -0.39 is 53.7 Å². The second-order valence-corrected chi connectivity index (χ2v) is 11.2. The third-order valence-electron chi connectivity index (χ3n) is 4.67. The van der Waals surface area contributed by atoms with Gasteiger partial charge in [-0.3, -0.25) is 9.09 Å². The molecule has 22 heteroatoms. The van der Waals surface area contributed by atoms with E-state index in [0.717, 1.165) is 10.9 Å². The monoisotopic (exact) mass is 536 g/mol. The van der Waals surface area contributed by atoms with Crippen molar-refractivity contribution in [3.05, 3.63) is 6.33 Å². The van der Waals surface area contributed by atoms with Crippen molar-refractivity contribution in [1.82, 2.24) is 19.5 Å². The molecular weight excluding hydrogens is 520 g/mol. The molecule has 0 radical (unpaired) electrons. The van der Waals surface area contributed by atoms with Crippen LogP contribution in [0.2, 0.25) is 0 Å². The Kier molecular flexibility index (Phi) is 5.73. The molecule has 3 heterocycles. The predicted molar refractivity (Wildman–Crippen MR) is 102 cm³/mol. The maximum absolute atomic E-state index is 15.1. The summed E-state index contributed by atoms with van der Waals surface area (Å²) in [5.74, 6) is 0.0653. The quantitative estimate of drug-likeness (QED) is 0.202. The average Bonchev–Trinajstić information content (AvgIpc) is 2.93. The second-order valence-electron chi connectivity index (χ2n) is 6.86. The van der Waals surface area contributed by atoms with Crippen molar-refractivity contribution in [1.29, 1.82) is 0 Å². The van der Waals surface area contributed by atoms with Gasteiger partial charge in [0.25, 0.3) is 0 Å². The standard InChI is InChI=1S/C11H16FN6O12P3/c1-14-7-3-8(17-10(13)16-7)18(2-15-3)9-4(12)11(19)5(27-9)6(11)28-32(23,24)30-33(25,26)29-31(20,21)22/h2,4-6,9,19H,1H3,(H,23,24)(H,25,26)(H2,20,21,22)(H3,13,14,16,17)/t4-,5+,6?,9+,11-/m0/s1. The lowest BCUT2D eigenvalue weighted by atomic mass is 10.2. The number of hydrogen-bond donors (Lipinski definition) is 7. The van der Waals surface area contributed by atoms with Gasteiger partial charge in [-0.1, -0.05) is 0 Å². The molecule has 8 N–H and O–H groups in total. The summed E-state index contributed by atoms with van der Waals surface area (Å²) in [7, 11) is -15.4. The molecular formula is C11H16FN6O12P3. The summed E-state index contributed by atoms with van der Waals surface area (Å²) in [5, 5.41) is 13.3. The number of aliphatic hydroxyl groups is 1. The highest BCUT2D eigenvalue weighted by atomic mass is 31.3. The van der Waals surface area contributed by atoms with E-state index in [0.29, 0.717) is 0 Å². The number of phosphoric acid groups is 3. The molecule has 2 aromatic heterocycles. The molecule has 1 saturated carbocycles. The molecule has 3 unspecified atom stereocenters. The summed E-state index contributed by atoms with van der Waals surface area (Å²) in [5.41, 5.74) is 3.39. The number of fused-ring (bicyclic) bond motifs is 2. The molecule has 7 atom stereocenters. The van der Waals surface area contributed by atoms with E-state index in [2.05, 4.69) is 33.4 Å². The van der Waals surface area contributed by atoms with Crippen molar-refractivity contribution in [2.24, 2.45) is 0 Å². The fraction of sp³-hybridized carbons (Fsp3) is 0.545. The summed E-state index contributed by atoms with van der Waals surface area (Å²) in [6.07, 6.45) is -6.06. The van der Waals surface area contributed by atoms with Crippen LogP contribution in [0.15, 0.2) is 6.33 Å². The Morgan fingerprint density at radius 2 is 1.88 bits per heavy atom. The van der Waals surface area contributed by atoms with E-state index in [1.54, 1.807) is 0 Å². The van der Waals surface area contributed by atoms with E-state index in [9.17, 15) is 28.6 Å². The van der Waals surface area contributed by atoms with Crippen LogP contribution in [0, 0.1) is 0 Å². The SMILES string of the molecule is CNc1nc(N)nc2c1ncn2[C@@H]1O[C@@H]2C(OP(=O)(O)OP(=O)(O)OP(=O)(O)O)[C@]2(O)[C@H]1F. The number of aromatic nitrogens is 4. The molecule has 1 saturated heterocycles. The van der Waals surface area contributed by atoms with Crippen LogP contribution >= 0.6 is 23.5 Å². The number of ether oxygens (including phenoxy) is 1. The van der Waals surface area contributed by atoms with Gasteiger partial charge in [0.15, 0.2) is 35.0 Å². The third-order valence-corrected chi connectivity index (χ3v) is 8.49. The zero-order chi connectivity index (χ0) is 24.6. The molecule has 2 fully saturated rings. The van der Waals surface area contributed by atoms with Gasteiger partial charge in [-0.05, 0) is 0 Å². The largest absolute Gasteiger partial charge is 0.490 e. The molecule has 1 aliphatic heterocycles. The summed E-state index contributed by atoms with van der Waals surface area (Å²) in [6, 6.07) is 0. The van der Waals surface area contributed by atoms with Crippen LogP contribution in [-0.2, 0) is 31.6 Å². The van der Waals surface area contributed by atoms with Gasteiger partial charge in [-0.15, -0.1) is 0 Å². The first kappa shape index (κ1) is 24.5. The van der Waals surface area contributed by atoms with Crippen molar-refractivity contribution in [3.63, 3.8) is 0 Å². The Labute approximate surface area is 181 Å². The van der Waals surface area contributed by atoms with Crippen LogP contribution in [0.5, 0.6) is 0 Å². The first-order valence-corrected chi connectivity index (χ1v) is 13.1. The molecule has 4 rings (SSSR count). The summed E-state index contributed by atoms with van der Waals surface area (Å²) >= 11 is 0. The van der Waals surface area contributed by atoms with E-state index in [4.69, 9.17) is 20.3 Å². The number of halogens is 1. The van der Waals surface area contributed by atoms with Crippen LogP contribution in [0.1, 0.15) is 6.23 Å². The maximum atomic E-state index is 15.1. The van der Waals surface area contributed by atoms with Crippen LogP contribution < -0.4 is 11.1 Å². The highest BCUT2D eigenvalue weighted by molar-refractivity contribution is 7.66. The number of hydrogen-bond acceptors (Lipinski definition) is 13. The summed E-state index contributed by atoms with van der Waals surface area (Å²) in [6.45, 7) is 0. The number of nitrogens with one attached hydrogen (secondary N) is 1. The first-order chi connectivity index (χ1) is 15.1. The van der Waals surface area contributed by atoms with E-state index in [-0.39, 0.29) is 22.9 Å². The van der Waals surface area contributed by atoms with Gasteiger partial charge in [0, 0.05) is 7.05 Å². The topological polar surface area (TPSA) is 271 Å². The number of imidazole rings is 1. The van der Waals surface area contributed by atoms with Gasteiger partial charge in [0.05, 0.1) is 6.33 Å². The van der Waals surface area contributed by atoms with Gasteiger partial charge in [-0.25, -0.2) is 23.1 Å². The Morgan fingerprint density at radius 3 is 2.42 bits per heavy atom. The molecule has 33 heavy (non-hydrogen) atoms. The molecule has 184 valence electrons. The molecule has 2 aliphatic rings. The van der Waals surface area contributed by atoms with Gasteiger partial charge in [-0.2, -0.15) is 18.6 Å². The summed E-state index contributed by atoms with van der Waals surface area (Å²) in [4.78, 5) is 47.7. The van der Waals surface area contributed by atoms with E-state index in [1.807, 2.05) is 0 Å². The molecule has 0 amide bonds. The zero-order valence-electron chi connectivity index (χ0n) is 16.1. The normalized spacial score (nSPS) is 32.8. The third kappa shape index (κ3) is 4.43. The number of phosphoric ester groups is 1. The van der Waals surface area contributed by atoms with Gasteiger partial charge >= 0.3 is 23.5 Å². The summed E-state index contributed by atoms with van der Waals surface area (Å²) < 4.78 is 67.2.